The molecule has 1 N–H and O–H groups in total. The lowest BCUT2D eigenvalue weighted by Crippen LogP contribution is -2.02. The van der Waals surface area contributed by atoms with Crippen LogP contribution in [-0.4, -0.2) is 18.2 Å². The van der Waals surface area contributed by atoms with E-state index in [1.807, 2.05) is 6.07 Å². The molecule has 0 saturated heterocycles. The molecule has 1 heterocycles. The summed E-state index contributed by atoms with van der Waals surface area (Å²) in [7, 11) is 1.53. The van der Waals surface area contributed by atoms with Crippen molar-refractivity contribution >= 4 is 17.3 Å². The first-order valence-electron chi connectivity index (χ1n) is 5.66. The maximum Gasteiger partial charge on any atom is 0.349 e. The molecule has 1 aromatic heterocycles. The Bertz CT molecular complexity index is 672. The Morgan fingerprint density at radius 3 is 2.85 bits per heavy atom. The smallest absolute Gasteiger partial charge is 0.349 e. The van der Waals surface area contributed by atoms with Crippen LogP contribution in [0.3, 0.4) is 0 Å². The van der Waals surface area contributed by atoms with Crippen LogP contribution >= 0.6 is 11.3 Å². The van der Waals surface area contributed by atoms with Crippen molar-refractivity contribution in [3.63, 3.8) is 0 Å². The summed E-state index contributed by atoms with van der Waals surface area (Å²) in [6.07, 6.45) is 0. The first-order valence-corrected chi connectivity index (χ1v) is 6.54. The van der Waals surface area contributed by atoms with Gasteiger partial charge in [0.1, 0.15) is 18.1 Å². The van der Waals surface area contributed by atoms with Crippen LogP contribution in [0, 0.1) is 11.3 Å². The highest BCUT2D eigenvalue weighted by Gasteiger charge is 2.14. The van der Waals surface area contributed by atoms with Crippen molar-refractivity contribution < 1.29 is 19.4 Å². The second kappa shape index (κ2) is 6.08. The van der Waals surface area contributed by atoms with Crippen LogP contribution in [0.2, 0.25) is 0 Å². The number of methoxy groups -OCH3 is 1. The molecule has 102 valence electrons. The lowest BCUT2D eigenvalue weighted by Gasteiger charge is -2.10. The Hall–Kier alpha value is -2.52. The van der Waals surface area contributed by atoms with Gasteiger partial charge in [-0.1, -0.05) is 0 Å². The van der Waals surface area contributed by atoms with Crippen molar-refractivity contribution in [3.8, 4) is 17.6 Å². The summed E-state index contributed by atoms with van der Waals surface area (Å²) in [6.45, 7) is 0.135. The first-order chi connectivity index (χ1) is 9.65. The van der Waals surface area contributed by atoms with Gasteiger partial charge in [0.2, 0.25) is 0 Å². The van der Waals surface area contributed by atoms with E-state index in [9.17, 15) is 4.79 Å². The molecule has 0 aliphatic carbocycles. The van der Waals surface area contributed by atoms with Crippen LogP contribution in [-0.2, 0) is 6.61 Å². The summed E-state index contributed by atoms with van der Waals surface area (Å²) >= 11 is 1.10. The number of hydrogen-bond acceptors (Lipinski definition) is 5. The van der Waals surface area contributed by atoms with Gasteiger partial charge < -0.3 is 14.6 Å². The van der Waals surface area contributed by atoms with Crippen LogP contribution in [0.15, 0.2) is 29.6 Å². The van der Waals surface area contributed by atoms with Crippen molar-refractivity contribution in [2.75, 3.05) is 7.11 Å². The molecule has 20 heavy (non-hydrogen) atoms. The number of nitriles is 1. The number of nitrogens with zero attached hydrogens (tertiary/aromatic N) is 1. The van der Waals surface area contributed by atoms with E-state index in [1.54, 1.807) is 29.6 Å². The Balaban J connectivity index is 2.20. The number of thiophene rings is 1. The van der Waals surface area contributed by atoms with Crippen molar-refractivity contribution in [2.45, 2.75) is 6.61 Å². The highest BCUT2D eigenvalue weighted by atomic mass is 32.1. The van der Waals surface area contributed by atoms with E-state index in [2.05, 4.69) is 0 Å². The third-order valence-corrected chi connectivity index (χ3v) is 3.50. The van der Waals surface area contributed by atoms with Gasteiger partial charge in [-0.2, -0.15) is 5.26 Å². The maximum absolute atomic E-state index is 11.0. The standard InChI is InChI=1S/C14H11NO4S/c1-18-11-3-2-9(7-15)6-10(11)8-19-12-4-5-20-13(12)14(16)17/h2-6H,8H2,1H3,(H,16,17). The van der Waals surface area contributed by atoms with E-state index >= 15 is 0 Å². The molecule has 0 fully saturated rings. The Kier molecular flexibility index (Phi) is 4.23. The van der Waals surface area contributed by atoms with Gasteiger partial charge in [-0.3, -0.25) is 0 Å². The number of carboxylic acids is 1. The molecule has 2 rings (SSSR count). The van der Waals surface area contributed by atoms with Crippen LogP contribution < -0.4 is 9.47 Å². The van der Waals surface area contributed by atoms with Crippen molar-refractivity contribution in [1.82, 2.24) is 0 Å². The van der Waals surface area contributed by atoms with Crippen LogP contribution in [0.4, 0.5) is 0 Å². The van der Waals surface area contributed by atoms with Gasteiger partial charge in [0.15, 0.2) is 4.88 Å². The lowest BCUT2D eigenvalue weighted by atomic mass is 10.1. The van der Waals surface area contributed by atoms with Crippen molar-refractivity contribution in [2.24, 2.45) is 0 Å². The second-order valence-electron chi connectivity index (χ2n) is 3.85. The summed E-state index contributed by atoms with van der Waals surface area (Å²) in [5, 5.41) is 19.5. The van der Waals surface area contributed by atoms with Crippen molar-refractivity contribution in [1.29, 1.82) is 5.26 Å². The minimum Gasteiger partial charge on any atom is -0.496 e. The molecule has 6 heteroatoms. The Morgan fingerprint density at radius 1 is 1.40 bits per heavy atom. The predicted molar refractivity (Wildman–Crippen MR) is 73.3 cm³/mol. The fraction of sp³-hybridized carbons (Fsp3) is 0.143. The fourth-order valence-corrected chi connectivity index (χ4v) is 2.36. The van der Waals surface area contributed by atoms with Gasteiger partial charge in [-0.25, -0.2) is 4.79 Å². The number of ether oxygens (including phenoxy) is 2. The summed E-state index contributed by atoms with van der Waals surface area (Å²) in [5.41, 5.74) is 1.18. The summed E-state index contributed by atoms with van der Waals surface area (Å²) in [5.74, 6) is -0.115. The third-order valence-electron chi connectivity index (χ3n) is 2.62. The molecule has 5 nitrogen and oxygen atoms in total. The Labute approximate surface area is 119 Å². The molecule has 0 aliphatic heterocycles. The average molecular weight is 289 g/mol. The zero-order valence-corrected chi connectivity index (χ0v) is 11.4. The van der Waals surface area contributed by atoms with E-state index in [0.29, 0.717) is 22.6 Å². The van der Waals surface area contributed by atoms with E-state index in [-0.39, 0.29) is 11.5 Å². The molecule has 0 spiro atoms. The normalized spacial score (nSPS) is 9.80. The minimum absolute atomic E-state index is 0.135. The molecule has 1 aromatic carbocycles. The monoisotopic (exact) mass is 289 g/mol. The molecule has 0 atom stereocenters. The number of hydrogen-bond donors (Lipinski definition) is 1. The number of aromatic carboxylic acids is 1. The number of rotatable bonds is 5. The molecular weight excluding hydrogens is 278 g/mol. The quantitative estimate of drug-likeness (QED) is 0.915. The molecular formula is C14H11NO4S. The van der Waals surface area contributed by atoms with Gasteiger partial charge in [-0.05, 0) is 29.6 Å². The van der Waals surface area contributed by atoms with Gasteiger partial charge in [0.25, 0.3) is 0 Å². The van der Waals surface area contributed by atoms with E-state index in [1.165, 1.54) is 7.11 Å². The molecule has 0 saturated carbocycles. The maximum atomic E-state index is 11.0. The minimum atomic E-state index is -1.02. The van der Waals surface area contributed by atoms with E-state index in [4.69, 9.17) is 19.8 Å². The van der Waals surface area contributed by atoms with E-state index in [0.717, 1.165) is 11.3 Å². The van der Waals surface area contributed by atoms with Crippen LogP contribution in [0.1, 0.15) is 20.8 Å². The summed E-state index contributed by atoms with van der Waals surface area (Å²) < 4.78 is 10.7. The summed E-state index contributed by atoms with van der Waals surface area (Å²) in [6, 6.07) is 8.63. The van der Waals surface area contributed by atoms with Gasteiger partial charge >= 0.3 is 5.97 Å². The molecule has 0 unspecified atom stereocenters. The number of benzene rings is 1. The van der Waals surface area contributed by atoms with Gasteiger partial charge in [-0.15, -0.1) is 11.3 Å². The lowest BCUT2D eigenvalue weighted by molar-refractivity contribution is 0.0697. The Morgan fingerprint density at radius 2 is 2.20 bits per heavy atom. The van der Waals surface area contributed by atoms with Gasteiger partial charge in [0.05, 0.1) is 18.7 Å². The fourth-order valence-electron chi connectivity index (χ4n) is 1.68. The first kappa shape index (κ1) is 13.9. The molecule has 0 bridgehead atoms. The molecule has 0 aliphatic rings. The topological polar surface area (TPSA) is 79.5 Å². The average Bonchev–Trinajstić information content (AvgIpc) is 2.93. The van der Waals surface area contributed by atoms with Gasteiger partial charge in [0, 0.05) is 5.56 Å². The molecule has 0 radical (unpaired) electrons. The second-order valence-corrected chi connectivity index (χ2v) is 4.76. The third kappa shape index (κ3) is 2.90. The SMILES string of the molecule is COc1ccc(C#N)cc1COc1ccsc1C(=O)O. The van der Waals surface area contributed by atoms with Crippen molar-refractivity contribution in [3.05, 3.63) is 45.6 Å². The molecule has 0 amide bonds. The van der Waals surface area contributed by atoms with Crippen LogP contribution in [0.5, 0.6) is 11.5 Å². The largest absolute Gasteiger partial charge is 0.496 e. The highest BCUT2D eigenvalue weighted by Crippen LogP contribution is 2.27. The molecule has 2 aromatic rings. The number of carboxylic acid groups (broad SMARTS) is 1. The van der Waals surface area contributed by atoms with E-state index < -0.39 is 5.97 Å². The number of carbonyl (C=O) groups is 1. The predicted octanol–water partition coefficient (Wildman–Crippen LogP) is 2.91. The highest BCUT2D eigenvalue weighted by molar-refractivity contribution is 7.12. The zero-order valence-electron chi connectivity index (χ0n) is 10.6. The zero-order chi connectivity index (χ0) is 14.5. The summed E-state index contributed by atoms with van der Waals surface area (Å²) in [4.78, 5) is 11.1. The van der Waals surface area contributed by atoms with Crippen LogP contribution in [0.25, 0.3) is 0 Å².